The molecule has 2 aromatic carbocycles. The molecule has 0 aliphatic heterocycles. The van der Waals surface area contributed by atoms with Crippen LogP contribution in [0.4, 0.5) is 4.39 Å². The highest BCUT2D eigenvalue weighted by Gasteiger charge is 2.17. The van der Waals surface area contributed by atoms with Gasteiger partial charge in [-0.2, -0.15) is 0 Å². The molecule has 0 fully saturated rings. The maximum absolute atomic E-state index is 13.7. The van der Waals surface area contributed by atoms with Gasteiger partial charge in [0.15, 0.2) is 0 Å². The van der Waals surface area contributed by atoms with Crippen molar-refractivity contribution in [2.24, 2.45) is 0 Å². The lowest BCUT2D eigenvalue weighted by atomic mass is 10.0. The van der Waals surface area contributed by atoms with Crippen molar-refractivity contribution in [2.75, 3.05) is 20.3 Å². The van der Waals surface area contributed by atoms with Crippen molar-refractivity contribution in [1.29, 1.82) is 0 Å². The number of hydrogen-bond acceptors (Lipinski definition) is 3. The third kappa shape index (κ3) is 4.54. The van der Waals surface area contributed by atoms with Crippen molar-refractivity contribution < 1.29 is 13.9 Å². The molecule has 0 atom stereocenters. The molecular formula is C23H25FN2O2. The van der Waals surface area contributed by atoms with Gasteiger partial charge in [-0.15, -0.1) is 0 Å². The molecule has 3 aromatic rings. The molecular weight excluding hydrogens is 355 g/mol. The topological polar surface area (TPSA) is 42.4 Å². The minimum Gasteiger partial charge on any atom is -0.383 e. The Labute approximate surface area is 165 Å². The van der Waals surface area contributed by atoms with Crippen molar-refractivity contribution in [3.8, 4) is 11.3 Å². The fraction of sp³-hybridized carbons (Fsp3) is 0.304. The lowest BCUT2D eigenvalue weighted by Gasteiger charge is -2.23. The number of amides is 1. The first-order chi connectivity index (χ1) is 13.5. The summed E-state index contributed by atoms with van der Waals surface area (Å²) in [7, 11) is 1.62. The average molecular weight is 380 g/mol. The van der Waals surface area contributed by atoms with Gasteiger partial charge >= 0.3 is 0 Å². The largest absolute Gasteiger partial charge is 0.383 e. The van der Waals surface area contributed by atoms with Gasteiger partial charge in [-0.3, -0.25) is 4.79 Å². The van der Waals surface area contributed by atoms with E-state index in [4.69, 9.17) is 9.72 Å². The first-order valence-electron chi connectivity index (χ1n) is 9.44. The van der Waals surface area contributed by atoms with Crippen molar-refractivity contribution in [3.05, 3.63) is 65.5 Å². The number of halogens is 1. The molecule has 0 unspecified atom stereocenters. The molecule has 0 aliphatic carbocycles. The summed E-state index contributed by atoms with van der Waals surface area (Å²) < 4.78 is 18.9. The number of carbonyl (C=O) groups excluding carboxylic acids is 1. The van der Waals surface area contributed by atoms with Gasteiger partial charge in [0.25, 0.3) is 0 Å². The van der Waals surface area contributed by atoms with Crippen molar-refractivity contribution in [3.63, 3.8) is 0 Å². The third-order valence-corrected chi connectivity index (χ3v) is 4.77. The number of carbonyl (C=O) groups is 1. The van der Waals surface area contributed by atoms with Crippen LogP contribution in [0, 0.1) is 12.7 Å². The Morgan fingerprint density at radius 2 is 1.89 bits per heavy atom. The van der Waals surface area contributed by atoms with Gasteiger partial charge < -0.3 is 9.64 Å². The van der Waals surface area contributed by atoms with Gasteiger partial charge in [0.2, 0.25) is 5.91 Å². The molecule has 0 spiro atoms. The molecule has 0 bridgehead atoms. The number of aryl methyl sites for hydroxylation is 1. The summed E-state index contributed by atoms with van der Waals surface area (Å²) in [5.74, 6) is -0.253. The van der Waals surface area contributed by atoms with E-state index < -0.39 is 0 Å². The van der Waals surface area contributed by atoms with Crippen LogP contribution in [0.1, 0.15) is 24.5 Å². The van der Waals surface area contributed by atoms with Gasteiger partial charge in [-0.1, -0.05) is 36.8 Å². The van der Waals surface area contributed by atoms with E-state index in [1.807, 2.05) is 44.2 Å². The van der Waals surface area contributed by atoms with Crippen molar-refractivity contribution in [1.82, 2.24) is 9.88 Å². The number of hydrogen-bond donors (Lipinski definition) is 0. The molecule has 146 valence electrons. The second-order valence-electron chi connectivity index (χ2n) is 6.86. The number of benzene rings is 2. The number of pyridine rings is 1. The summed E-state index contributed by atoms with van der Waals surface area (Å²) in [5.41, 5.74) is 4.40. The van der Waals surface area contributed by atoms with Crippen LogP contribution in [0.15, 0.2) is 48.5 Å². The highest BCUT2D eigenvalue weighted by molar-refractivity contribution is 5.84. The van der Waals surface area contributed by atoms with E-state index in [-0.39, 0.29) is 11.7 Å². The van der Waals surface area contributed by atoms with Crippen LogP contribution in [-0.2, 0) is 16.1 Å². The Hall–Kier alpha value is -2.79. The van der Waals surface area contributed by atoms with Crippen LogP contribution >= 0.6 is 0 Å². The van der Waals surface area contributed by atoms with Crippen LogP contribution in [0.2, 0.25) is 0 Å². The van der Waals surface area contributed by atoms with Gasteiger partial charge in [0, 0.05) is 43.6 Å². The second kappa shape index (κ2) is 8.93. The predicted octanol–water partition coefficient (Wildman–Crippen LogP) is 4.73. The first-order valence-corrected chi connectivity index (χ1v) is 9.44. The molecule has 1 aromatic heterocycles. The lowest BCUT2D eigenvalue weighted by Crippen LogP contribution is -2.33. The molecule has 0 aliphatic rings. The Morgan fingerprint density at radius 3 is 2.57 bits per heavy atom. The molecule has 0 saturated heterocycles. The number of methoxy groups -OCH3 is 1. The summed E-state index contributed by atoms with van der Waals surface area (Å²) in [4.78, 5) is 19.0. The minimum atomic E-state index is -0.314. The zero-order chi connectivity index (χ0) is 20.1. The zero-order valence-corrected chi connectivity index (χ0v) is 16.5. The summed E-state index contributed by atoms with van der Waals surface area (Å²) in [6.07, 6.45) is 0.426. The Kier molecular flexibility index (Phi) is 6.37. The number of ether oxygens (including phenoxy) is 1. The first kappa shape index (κ1) is 20.0. The molecule has 1 amide bonds. The molecule has 28 heavy (non-hydrogen) atoms. The molecule has 3 rings (SSSR count). The zero-order valence-electron chi connectivity index (χ0n) is 16.5. The Morgan fingerprint density at radius 1 is 1.14 bits per heavy atom. The number of aromatic nitrogens is 1. The van der Waals surface area contributed by atoms with Crippen LogP contribution in [0.25, 0.3) is 22.2 Å². The predicted molar refractivity (Wildman–Crippen MR) is 109 cm³/mol. The van der Waals surface area contributed by atoms with Crippen LogP contribution in [-0.4, -0.2) is 36.1 Å². The summed E-state index contributed by atoms with van der Waals surface area (Å²) >= 11 is 0. The quantitative estimate of drug-likeness (QED) is 0.595. The Bertz CT molecular complexity index is 970. The summed E-state index contributed by atoms with van der Waals surface area (Å²) in [6.45, 7) is 5.29. The molecule has 5 heteroatoms. The monoisotopic (exact) mass is 380 g/mol. The number of rotatable bonds is 7. The van der Waals surface area contributed by atoms with Crippen molar-refractivity contribution >= 4 is 16.8 Å². The fourth-order valence-electron chi connectivity index (χ4n) is 3.19. The van der Waals surface area contributed by atoms with E-state index >= 15 is 0 Å². The van der Waals surface area contributed by atoms with E-state index in [0.29, 0.717) is 31.6 Å². The summed E-state index contributed by atoms with van der Waals surface area (Å²) in [6, 6.07) is 14.7. The maximum atomic E-state index is 13.7. The van der Waals surface area contributed by atoms with Crippen LogP contribution in [0.5, 0.6) is 0 Å². The molecule has 0 N–H and O–H groups in total. The lowest BCUT2D eigenvalue weighted by molar-refractivity contribution is -0.132. The fourth-order valence-corrected chi connectivity index (χ4v) is 3.19. The van der Waals surface area contributed by atoms with E-state index in [1.165, 1.54) is 12.1 Å². The molecule has 4 nitrogen and oxygen atoms in total. The van der Waals surface area contributed by atoms with Crippen LogP contribution in [0.3, 0.4) is 0 Å². The maximum Gasteiger partial charge on any atom is 0.222 e. The van der Waals surface area contributed by atoms with E-state index in [9.17, 15) is 9.18 Å². The summed E-state index contributed by atoms with van der Waals surface area (Å²) in [5, 5.41) is 0.850. The van der Waals surface area contributed by atoms with Crippen LogP contribution < -0.4 is 0 Å². The SMILES string of the molecule is CCC(=O)N(CCOC)Cc1cc2ccc(F)cc2nc1-c1ccc(C)cc1. The average Bonchev–Trinajstić information content (AvgIpc) is 2.70. The highest BCUT2D eigenvalue weighted by atomic mass is 19.1. The normalized spacial score (nSPS) is 11.0. The van der Waals surface area contributed by atoms with Gasteiger partial charge in [0.1, 0.15) is 5.82 Å². The standard InChI is InChI=1S/C23H25FN2O2/c1-4-22(27)26(11-12-28-3)15-19-13-18-9-10-20(24)14-21(18)25-23(19)17-7-5-16(2)6-8-17/h5-10,13-14H,4,11-12,15H2,1-3H3. The third-order valence-electron chi connectivity index (χ3n) is 4.77. The van der Waals surface area contributed by atoms with E-state index in [2.05, 4.69) is 0 Å². The van der Waals surface area contributed by atoms with E-state index in [0.717, 1.165) is 27.8 Å². The molecule has 0 saturated carbocycles. The van der Waals surface area contributed by atoms with Crippen molar-refractivity contribution in [2.45, 2.75) is 26.8 Å². The molecule has 1 heterocycles. The number of nitrogens with zero attached hydrogens (tertiary/aromatic N) is 2. The number of fused-ring (bicyclic) bond motifs is 1. The van der Waals surface area contributed by atoms with E-state index in [1.54, 1.807) is 18.1 Å². The van der Waals surface area contributed by atoms with Gasteiger partial charge in [0.05, 0.1) is 17.8 Å². The minimum absolute atomic E-state index is 0.0612. The smallest absolute Gasteiger partial charge is 0.222 e. The Balaban J connectivity index is 2.09. The second-order valence-corrected chi connectivity index (χ2v) is 6.86. The molecule has 0 radical (unpaired) electrons. The van der Waals surface area contributed by atoms with Gasteiger partial charge in [-0.05, 0) is 30.7 Å². The van der Waals surface area contributed by atoms with Gasteiger partial charge in [-0.25, -0.2) is 9.37 Å². The highest BCUT2D eigenvalue weighted by Crippen LogP contribution is 2.28.